The first-order chi connectivity index (χ1) is 9.01. The molecule has 1 heterocycles. The third kappa shape index (κ3) is 3.16. The number of aromatic nitrogens is 1. The predicted molar refractivity (Wildman–Crippen MR) is 74.2 cm³/mol. The first kappa shape index (κ1) is 14.1. The van der Waals surface area contributed by atoms with Crippen LogP contribution in [0.5, 0.6) is 0 Å². The molecule has 2 rings (SSSR count). The lowest BCUT2D eigenvalue weighted by Gasteiger charge is -2.05. The summed E-state index contributed by atoms with van der Waals surface area (Å²) in [5, 5.41) is 2.59. The molecule has 2 N–H and O–H groups in total. The Kier molecular flexibility index (Phi) is 4.27. The summed E-state index contributed by atoms with van der Waals surface area (Å²) in [6.07, 6.45) is 1.53. The summed E-state index contributed by atoms with van der Waals surface area (Å²) in [6.45, 7) is 3.54. The maximum atomic E-state index is 13.8. The molecule has 0 saturated heterocycles. The van der Waals surface area contributed by atoms with E-state index < -0.39 is 11.6 Å². The molecule has 102 valence electrons. The summed E-state index contributed by atoms with van der Waals surface area (Å²) >= 11 is 1.43. The lowest BCUT2D eigenvalue weighted by atomic mass is 10.1. The third-order valence-corrected chi connectivity index (χ3v) is 3.91. The largest absolute Gasteiger partial charge is 0.327 e. The van der Waals surface area contributed by atoms with E-state index in [9.17, 15) is 8.78 Å². The van der Waals surface area contributed by atoms with Crippen LogP contribution in [0, 0.1) is 18.6 Å². The van der Waals surface area contributed by atoms with Crippen LogP contribution in [0.1, 0.15) is 23.9 Å². The molecule has 19 heavy (non-hydrogen) atoms. The van der Waals surface area contributed by atoms with Gasteiger partial charge < -0.3 is 5.73 Å². The first-order valence-corrected chi connectivity index (χ1v) is 7.05. The Bertz CT molecular complexity index is 581. The Morgan fingerprint density at radius 3 is 2.74 bits per heavy atom. The van der Waals surface area contributed by atoms with Crippen LogP contribution in [0.25, 0.3) is 11.3 Å². The molecular formula is C14H16F2N2S. The van der Waals surface area contributed by atoms with Crippen LogP contribution in [-0.4, -0.2) is 11.0 Å². The van der Waals surface area contributed by atoms with E-state index in [1.165, 1.54) is 30.4 Å². The van der Waals surface area contributed by atoms with Crippen LogP contribution in [0.3, 0.4) is 0 Å². The first-order valence-electron chi connectivity index (χ1n) is 6.17. The van der Waals surface area contributed by atoms with Gasteiger partial charge in [0.05, 0.1) is 10.7 Å². The van der Waals surface area contributed by atoms with Crippen molar-refractivity contribution < 1.29 is 8.78 Å². The second-order valence-corrected chi connectivity index (χ2v) is 5.52. The van der Waals surface area contributed by atoms with E-state index in [2.05, 4.69) is 4.98 Å². The minimum Gasteiger partial charge on any atom is -0.327 e. The van der Waals surface area contributed by atoms with Crippen molar-refractivity contribution >= 4 is 11.3 Å². The van der Waals surface area contributed by atoms with E-state index in [0.717, 1.165) is 11.4 Å². The monoisotopic (exact) mass is 282 g/mol. The summed E-state index contributed by atoms with van der Waals surface area (Å²) in [5.74, 6) is -0.869. The van der Waals surface area contributed by atoms with Gasteiger partial charge in [0.25, 0.3) is 0 Å². The molecule has 0 aliphatic carbocycles. The molecule has 1 aromatic carbocycles. The Morgan fingerprint density at radius 1 is 1.32 bits per heavy atom. The predicted octanol–water partition coefficient (Wildman–Crippen LogP) is 3.68. The van der Waals surface area contributed by atoms with Crippen LogP contribution < -0.4 is 5.73 Å². The van der Waals surface area contributed by atoms with Crippen molar-refractivity contribution in [2.45, 2.75) is 32.7 Å². The lowest BCUT2D eigenvalue weighted by Crippen LogP contribution is -2.21. The van der Waals surface area contributed by atoms with Gasteiger partial charge in [0, 0.05) is 23.4 Å². The molecule has 0 spiro atoms. The van der Waals surface area contributed by atoms with Gasteiger partial charge >= 0.3 is 0 Å². The minimum absolute atomic E-state index is 0.0543. The third-order valence-electron chi connectivity index (χ3n) is 3.04. The van der Waals surface area contributed by atoms with Crippen LogP contribution in [-0.2, 0) is 6.42 Å². The maximum Gasteiger partial charge on any atom is 0.133 e. The standard InChI is InChI=1S/C14H16F2N2S/c1-3-9(17)5-14-18-13(7-19-14)10-6-11(15)8(2)4-12(10)16/h4,6-7,9H,3,5,17H2,1-2H3. The number of hydrogen-bond donors (Lipinski definition) is 1. The molecule has 0 radical (unpaired) electrons. The van der Waals surface area contributed by atoms with Crippen molar-refractivity contribution in [3.05, 3.63) is 39.7 Å². The highest BCUT2D eigenvalue weighted by Gasteiger charge is 2.13. The SMILES string of the molecule is CCC(N)Cc1nc(-c2cc(F)c(C)cc2F)cs1. The Morgan fingerprint density at radius 2 is 2.05 bits per heavy atom. The molecule has 2 aromatic rings. The van der Waals surface area contributed by atoms with E-state index in [4.69, 9.17) is 5.73 Å². The van der Waals surface area contributed by atoms with Gasteiger partial charge in [-0.1, -0.05) is 6.92 Å². The van der Waals surface area contributed by atoms with Gasteiger partial charge in [0.15, 0.2) is 0 Å². The van der Waals surface area contributed by atoms with Crippen LogP contribution in [0.2, 0.25) is 0 Å². The molecular weight excluding hydrogens is 266 g/mol. The fourth-order valence-electron chi connectivity index (χ4n) is 1.74. The van der Waals surface area contributed by atoms with E-state index in [1.807, 2.05) is 6.92 Å². The fraction of sp³-hybridized carbons (Fsp3) is 0.357. The molecule has 1 atom stereocenters. The van der Waals surface area contributed by atoms with Crippen molar-refractivity contribution in [2.75, 3.05) is 0 Å². The average molecular weight is 282 g/mol. The van der Waals surface area contributed by atoms with E-state index >= 15 is 0 Å². The zero-order valence-corrected chi connectivity index (χ0v) is 11.7. The Hall–Kier alpha value is -1.33. The molecule has 0 bridgehead atoms. The van der Waals surface area contributed by atoms with E-state index in [1.54, 1.807) is 5.38 Å². The van der Waals surface area contributed by atoms with Crippen molar-refractivity contribution in [3.63, 3.8) is 0 Å². The van der Waals surface area contributed by atoms with E-state index in [-0.39, 0.29) is 11.6 Å². The highest BCUT2D eigenvalue weighted by molar-refractivity contribution is 7.09. The van der Waals surface area contributed by atoms with Gasteiger partial charge in [-0.3, -0.25) is 0 Å². The summed E-state index contributed by atoms with van der Waals surface area (Å²) in [4.78, 5) is 4.33. The van der Waals surface area contributed by atoms with Crippen molar-refractivity contribution in [1.29, 1.82) is 0 Å². The highest BCUT2D eigenvalue weighted by atomic mass is 32.1. The molecule has 1 unspecified atom stereocenters. The molecule has 0 amide bonds. The quantitative estimate of drug-likeness (QED) is 0.929. The number of rotatable bonds is 4. The molecule has 2 nitrogen and oxygen atoms in total. The summed E-state index contributed by atoms with van der Waals surface area (Å²) in [6, 6.07) is 2.45. The van der Waals surface area contributed by atoms with E-state index in [0.29, 0.717) is 17.7 Å². The van der Waals surface area contributed by atoms with Gasteiger partial charge in [-0.2, -0.15) is 0 Å². The lowest BCUT2D eigenvalue weighted by molar-refractivity contribution is 0.594. The van der Waals surface area contributed by atoms with Gasteiger partial charge in [-0.15, -0.1) is 11.3 Å². The van der Waals surface area contributed by atoms with Crippen LogP contribution in [0.4, 0.5) is 8.78 Å². The fourth-order valence-corrected chi connectivity index (χ4v) is 2.63. The summed E-state index contributed by atoms with van der Waals surface area (Å²) in [5.41, 5.74) is 6.83. The van der Waals surface area contributed by atoms with Gasteiger partial charge in [-0.25, -0.2) is 13.8 Å². The Balaban J connectivity index is 2.30. The smallest absolute Gasteiger partial charge is 0.133 e. The van der Waals surface area contributed by atoms with Crippen molar-refractivity contribution in [3.8, 4) is 11.3 Å². The number of hydrogen-bond acceptors (Lipinski definition) is 3. The highest BCUT2D eigenvalue weighted by Crippen LogP contribution is 2.27. The van der Waals surface area contributed by atoms with Crippen LogP contribution >= 0.6 is 11.3 Å². The second kappa shape index (κ2) is 5.75. The molecule has 1 aromatic heterocycles. The number of halogens is 2. The number of aryl methyl sites for hydroxylation is 1. The number of nitrogens with two attached hydrogens (primary N) is 1. The molecule has 0 saturated carbocycles. The second-order valence-electron chi connectivity index (χ2n) is 4.58. The number of benzene rings is 1. The zero-order chi connectivity index (χ0) is 14.0. The van der Waals surface area contributed by atoms with Gasteiger partial charge in [0.1, 0.15) is 11.6 Å². The summed E-state index contributed by atoms with van der Waals surface area (Å²) in [7, 11) is 0. The normalized spacial score (nSPS) is 12.7. The van der Waals surface area contributed by atoms with Crippen molar-refractivity contribution in [1.82, 2.24) is 4.98 Å². The Labute approximate surface area is 115 Å². The zero-order valence-electron chi connectivity index (χ0n) is 10.9. The minimum atomic E-state index is -0.449. The topological polar surface area (TPSA) is 38.9 Å². The number of nitrogens with zero attached hydrogens (tertiary/aromatic N) is 1. The molecule has 0 aliphatic heterocycles. The van der Waals surface area contributed by atoms with Crippen LogP contribution in [0.15, 0.2) is 17.5 Å². The molecule has 0 aliphatic rings. The molecule has 5 heteroatoms. The molecule has 0 fully saturated rings. The van der Waals surface area contributed by atoms with Gasteiger partial charge in [-0.05, 0) is 31.0 Å². The average Bonchev–Trinajstić information content (AvgIpc) is 2.82. The van der Waals surface area contributed by atoms with Crippen molar-refractivity contribution in [2.24, 2.45) is 5.73 Å². The summed E-state index contributed by atoms with van der Waals surface area (Å²) < 4.78 is 27.3. The maximum absolute atomic E-state index is 13.8. The number of thiazole rings is 1. The van der Waals surface area contributed by atoms with Gasteiger partial charge in [0.2, 0.25) is 0 Å².